The van der Waals surface area contributed by atoms with Gasteiger partial charge >= 0.3 is 0 Å². The molecule has 33 heavy (non-hydrogen) atoms. The van der Waals surface area contributed by atoms with Gasteiger partial charge in [0.1, 0.15) is 4.66 Å². The van der Waals surface area contributed by atoms with Gasteiger partial charge in [-0.25, -0.2) is 4.98 Å². The fourth-order valence-corrected chi connectivity index (χ4v) is 5.29. The van der Waals surface area contributed by atoms with Crippen molar-refractivity contribution >= 4 is 57.3 Å². The summed E-state index contributed by atoms with van der Waals surface area (Å²) in [5.74, 6) is -0.0740. The molecule has 3 aromatic heterocycles. The van der Waals surface area contributed by atoms with Crippen LogP contribution in [0.15, 0.2) is 56.4 Å². The Morgan fingerprint density at radius 3 is 2.58 bits per heavy atom. The van der Waals surface area contributed by atoms with Gasteiger partial charge in [-0.2, -0.15) is 0 Å². The average molecular weight is 498 g/mol. The molecule has 0 spiro atoms. The average Bonchev–Trinajstić information content (AvgIpc) is 3.35. The normalized spacial score (nSPS) is 13.2. The Balaban J connectivity index is 1.87. The molecule has 0 aliphatic heterocycles. The van der Waals surface area contributed by atoms with Gasteiger partial charge in [-0.3, -0.25) is 23.4 Å². The van der Waals surface area contributed by atoms with E-state index in [-0.39, 0.29) is 23.4 Å². The molecule has 0 radical (unpaired) electrons. The van der Waals surface area contributed by atoms with Crippen LogP contribution in [0.25, 0.3) is 17.1 Å². The fourth-order valence-electron chi connectivity index (χ4n) is 3.10. The van der Waals surface area contributed by atoms with E-state index in [4.69, 9.17) is 0 Å². The van der Waals surface area contributed by atoms with Crippen molar-refractivity contribution in [1.29, 1.82) is 0 Å². The van der Waals surface area contributed by atoms with Crippen LogP contribution >= 0.6 is 34.4 Å². The number of nitrogens with zero attached hydrogens (tertiary/aromatic N) is 3. The van der Waals surface area contributed by atoms with Gasteiger partial charge < -0.3 is 0 Å². The molecule has 0 N–H and O–H groups in total. The van der Waals surface area contributed by atoms with Crippen LogP contribution in [0.3, 0.4) is 0 Å². The monoisotopic (exact) mass is 497 g/mol. The standard InChI is InChI=1S/C24H23N3O3S3/c1-24(2,3)19(28)13-21-27(14-16-12-20(29)26-9-10-32-23(26)25-16)22(30)18(33-21)11-15-5-7-17(31-4)8-6-15/h5-13H,14H2,1-4H3/b18-11+,21-13+. The molecule has 4 rings (SSSR count). The first kappa shape index (κ1) is 23.4. The van der Waals surface area contributed by atoms with Gasteiger partial charge in [0.05, 0.1) is 16.8 Å². The summed E-state index contributed by atoms with van der Waals surface area (Å²) in [5, 5.41) is 1.79. The molecule has 0 fully saturated rings. The zero-order valence-corrected chi connectivity index (χ0v) is 21.1. The number of hydrogen-bond acceptors (Lipinski definition) is 7. The molecule has 6 nitrogen and oxygen atoms in total. The first-order chi connectivity index (χ1) is 15.7. The lowest BCUT2D eigenvalue weighted by atomic mass is 9.91. The Morgan fingerprint density at radius 2 is 1.91 bits per heavy atom. The van der Waals surface area contributed by atoms with Gasteiger partial charge in [0.25, 0.3) is 11.1 Å². The van der Waals surface area contributed by atoms with E-state index in [9.17, 15) is 14.4 Å². The molecule has 0 saturated carbocycles. The number of carbonyl (C=O) groups excluding carboxylic acids is 1. The molecule has 0 amide bonds. The van der Waals surface area contributed by atoms with E-state index in [0.717, 1.165) is 10.5 Å². The highest BCUT2D eigenvalue weighted by Crippen LogP contribution is 2.16. The summed E-state index contributed by atoms with van der Waals surface area (Å²) < 4.78 is 4.06. The van der Waals surface area contributed by atoms with Gasteiger partial charge in [-0.1, -0.05) is 32.9 Å². The molecule has 0 saturated heterocycles. The lowest BCUT2D eigenvalue weighted by Crippen LogP contribution is -2.33. The smallest absolute Gasteiger partial charge is 0.269 e. The molecule has 170 valence electrons. The SMILES string of the molecule is CSc1ccc(/C=c2/s/c(=C/C(=O)C(C)(C)C)n(Cc3cc(=O)n4ccsc4n3)c2=O)cc1. The first-order valence-electron chi connectivity index (χ1n) is 10.2. The van der Waals surface area contributed by atoms with Crippen LogP contribution in [0.4, 0.5) is 0 Å². The molecular formula is C24H23N3O3S3. The van der Waals surface area contributed by atoms with Crippen LogP contribution in [-0.4, -0.2) is 26.0 Å². The van der Waals surface area contributed by atoms with Crippen molar-refractivity contribution in [1.82, 2.24) is 14.0 Å². The second-order valence-electron chi connectivity index (χ2n) is 8.51. The third-order valence-electron chi connectivity index (χ3n) is 5.02. The van der Waals surface area contributed by atoms with Gasteiger partial charge in [-0.05, 0) is 30.0 Å². The van der Waals surface area contributed by atoms with Crippen molar-refractivity contribution in [3.63, 3.8) is 0 Å². The summed E-state index contributed by atoms with van der Waals surface area (Å²) in [4.78, 5) is 44.7. The summed E-state index contributed by atoms with van der Waals surface area (Å²) >= 11 is 4.28. The third kappa shape index (κ3) is 5.10. The minimum Gasteiger partial charge on any atom is -0.294 e. The number of benzene rings is 1. The van der Waals surface area contributed by atoms with Gasteiger partial charge in [0, 0.05) is 34.0 Å². The molecule has 0 bridgehead atoms. The second kappa shape index (κ2) is 9.24. The zero-order chi connectivity index (χ0) is 23.8. The minimum atomic E-state index is -0.574. The highest BCUT2D eigenvalue weighted by atomic mass is 32.2. The highest BCUT2D eigenvalue weighted by molar-refractivity contribution is 7.98. The summed E-state index contributed by atoms with van der Waals surface area (Å²) in [6.07, 6.45) is 7.04. The summed E-state index contributed by atoms with van der Waals surface area (Å²) in [5.41, 5.74) is 0.404. The number of carbonyl (C=O) groups is 1. The molecule has 4 aromatic rings. The maximum Gasteiger partial charge on any atom is 0.269 e. The first-order valence-corrected chi connectivity index (χ1v) is 13.2. The van der Waals surface area contributed by atoms with E-state index in [1.165, 1.54) is 43.8 Å². The Bertz CT molecular complexity index is 1570. The van der Waals surface area contributed by atoms with Gasteiger partial charge in [0.15, 0.2) is 10.7 Å². The lowest BCUT2D eigenvalue weighted by Gasteiger charge is -2.12. The molecule has 0 unspecified atom stereocenters. The lowest BCUT2D eigenvalue weighted by molar-refractivity contribution is -0.120. The van der Waals surface area contributed by atoms with E-state index in [1.54, 1.807) is 23.3 Å². The number of rotatable bonds is 5. The number of hydrogen-bond donors (Lipinski definition) is 0. The Kier molecular flexibility index (Phi) is 6.56. The van der Waals surface area contributed by atoms with Crippen molar-refractivity contribution in [2.24, 2.45) is 5.41 Å². The van der Waals surface area contributed by atoms with E-state index >= 15 is 0 Å². The largest absolute Gasteiger partial charge is 0.294 e. The third-order valence-corrected chi connectivity index (χ3v) is 7.58. The summed E-state index contributed by atoms with van der Waals surface area (Å²) in [6.45, 7) is 5.64. The molecule has 1 aromatic carbocycles. The summed E-state index contributed by atoms with van der Waals surface area (Å²) in [6, 6.07) is 9.38. The van der Waals surface area contributed by atoms with Crippen LogP contribution in [0.1, 0.15) is 32.0 Å². The van der Waals surface area contributed by atoms with Crippen LogP contribution in [0.2, 0.25) is 0 Å². The topological polar surface area (TPSA) is 73.4 Å². The number of Topliss-reactive ketones (excluding diaryl/α,β-unsaturated/α-hetero) is 1. The predicted octanol–water partition coefficient (Wildman–Crippen LogP) is 2.97. The van der Waals surface area contributed by atoms with Crippen LogP contribution < -0.4 is 20.3 Å². The molecule has 9 heteroatoms. The molecule has 0 atom stereocenters. The zero-order valence-electron chi connectivity index (χ0n) is 18.7. The van der Waals surface area contributed by atoms with Crippen molar-refractivity contribution < 1.29 is 4.79 Å². The maximum absolute atomic E-state index is 13.3. The highest BCUT2D eigenvalue weighted by Gasteiger charge is 2.20. The Hall–Kier alpha value is -2.75. The van der Waals surface area contributed by atoms with Crippen molar-refractivity contribution in [2.45, 2.75) is 32.2 Å². The van der Waals surface area contributed by atoms with Gasteiger partial charge in [0.2, 0.25) is 0 Å². The van der Waals surface area contributed by atoms with Crippen LogP contribution in [-0.2, 0) is 11.3 Å². The number of fused-ring (bicyclic) bond motifs is 1. The van der Waals surface area contributed by atoms with E-state index in [0.29, 0.717) is 19.8 Å². The van der Waals surface area contributed by atoms with Crippen LogP contribution in [0, 0.1) is 5.41 Å². The van der Waals surface area contributed by atoms with E-state index in [1.807, 2.05) is 57.4 Å². The summed E-state index contributed by atoms with van der Waals surface area (Å²) in [7, 11) is 0. The minimum absolute atomic E-state index is 0.0740. The quantitative estimate of drug-likeness (QED) is 0.397. The molecule has 0 aliphatic rings. The number of thiazole rings is 2. The van der Waals surface area contributed by atoms with Gasteiger partial charge in [-0.15, -0.1) is 34.4 Å². The van der Waals surface area contributed by atoms with Crippen molar-refractivity contribution in [3.8, 4) is 0 Å². The van der Waals surface area contributed by atoms with E-state index in [2.05, 4.69) is 4.98 Å². The Morgan fingerprint density at radius 1 is 1.18 bits per heavy atom. The van der Waals surface area contributed by atoms with E-state index < -0.39 is 5.41 Å². The fraction of sp³-hybridized carbons (Fsp3) is 0.250. The molecule has 3 heterocycles. The second-order valence-corrected chi connectivity index (χ2v) is 11.3. The Labute approximate surface area is 202 Å². The van der Waals surface area contributed by atoms with Crippen molar-refractivity contribution in [2.75, 3.05) is 6.26 Å². The number of thioether (sulfide) groups is 1. The maximum atomic E-state index is 13.3. The number of ketones is 1. The number of aromatic nitrogens is 3. The molecular weight excluding hydrogens is 474 g/mol. The molecule has 0 aliphatic carbocycles. The van der Waals surface area contributed by atoms with Crippen molar-refractivity contribution in [3.05, 3.63) is 83.1 Å². The predicted molar refractivity (Wildman–Crippen MR) is 137 cm³/mol. The van der Waals surface area contributed by atoms with Crippen LogP contribution in [0.5, 0.6) is 0 Å².